The zero-order valence-electron chi connectivity index (χ0n) is 9.21. The summed E-state index contributed by atoms with van der Waals surface area (Å²) >= 11 is 0. The molecule has 0 spiro atoms. The number of piperidine rings is 1. The van der Waals surface area contributed by atoms with Gasteiger partial charge in [-0.25, -0.2) is 0 Å². The number of hydrogen-bond acceptors (Lipinski definition) is 3. The smallest absolute Gasteiger partial charge is 0.0647 e. The average Bonchev–Trinajstić information content (AvgIpc) is 2.06. The van der Waals surface area contributed by atoms with Gasteiger partial charge in [0, 0.05) is 12.6 Å². The number of likely N-dealkylation sites (N-methyl/N-ethyl adjacent to an activating group) is 1. The van der Waals surface area contributed by atoms with Gasteiger partial charge in [-0.05, 0) is 40.0 Å². The maximum atomic E-state index is 5.28. The molecule has 1 N–H and O–H groups in total. The van der Waals surface area contributed by atoms with E-state index < -0.39 is 0 Å². The van der Waals surface area contributed by atoms with Crippen molar-refractivity contribution >= 4 is 24.8 Å². The fourth-order valence-electron chi connectivity index (χ4n) is 1.88. The quantitative estimate of drug-likeness (QED) is 0.807. The lowest BCUT2D eigenvalue weighted by molar-refractivity contribution is 0.0183. The molecule has 1 rings (SSSR count). The molecule has 0 bridgehead atoms. The molecule has 1 heterocycles. The van der Waals surface area contributed by atoms with Crippen LogP contribution in [0.3, 0.4) is 0 Å². The Morgan fingerprint density at radius 1 is 1.21 bits per heavy atom. The number of nitrogens with one attached hydrogen (secondary N) is 1. The zero-order valence-corrected chi connectivity index (χ0v) is 10.8. The molecule has 0 amide bonds. The van der Waals surface area contributed by atoms with E-state index in [0.29, 0.717) is 0 Å². The molecule has 1 aliphatic heterocycles. The summed E-state index contributed by atoms with van der Waals surface area (Å²) < 4.78 is 5.28. The molecule has 0 unspecified atom stereocenters. The summed E-state index contributed by atoms with van der Waals surface area (Å²) in [5, 5.41) is 3.37. The highest BCUT2D eigenvalue weighted by Gasteiger charge is 2.33. The fraction of sp³-hybridized carbons (Fsp3) is 1.00. The van der Waals surface area contributed by atoms with E-state index in [1.165, 1.54) is 12.8 Å². The van der Waals surface area contributed by atoms with Crippen molar-refractivity contribution in [3.8, 4) is 0 Å². The molecular weight excluding hydrogens is 223 g/mol. The van der Waals surface area contributed by atoms with E-state index in [4.69, 9.17) is 4.74 Å². The van der Waals surface area contributed by atoms with Crippen LogP contribution in [0.4, 0.5) is 0 Å². The first-order valence-corrected chi connectivity index (χ1v) is 4.58. The highest BCUT2D eigenvalue weighted by atomic mass is 35.5. The van der Waals surface area contributed by atoms with Gasteiger partial charge in [-0.15, -0.1) is 24.8 Å². The monoisotopic (exact) mass is 244 g/mol. The molecule has 88 valence electrons. The van der Waals surface area contributed by atoms with Gasteiger partial charge in [0.05, 0.1) is 6.61 Å². The van der Waals surface area contributed by atoms with Crippen LogP contribution in [0.5, 0.6) is 0 Å². The maximum absolute atomic E-state index is 5.28. The van der Waals surface area contributed by atoms with Gasteiger partial charge in [0.15, 0.2) is 0 Å². The molecular formula is C9H22Cl2N2O. The molecule has 0 aromatic carbocycles. The highest BCUT2D eigenvalue weighted by Crippen LogP contribution is 2.23. The van der Waals surface area contributed by atoms with Crippen molar-refractivity contribution in [2.45, 2.75) is 18.4 Å². The molecule has 1 saturated heterocycles. The van der Waals surface area contributed by atoms with Crippen molar-refractivity contribution in [1.82, 2.24) is 10.2 Å². The summed E-state index contributed by atoms with van der Waals surface area (Å²) in [5.74, 6) is 0. The summed E-state index contributed by atoms with van der Waals surface area (Å²) in [6.07, 6.45) is 2.38. The highest BCUT2D eigenvalue weighted by molar-refractivity contribution is 5.85. The Hall–Kier alpha value is 0.460. The van der Waals surface area contributed by atoms with Gasteiger partial charge in [0.2, 0.25) is 0 Å². The number of hydrogen-bond donors (Lipinski definition) is 1. The summed E-state index contributed by atoms with van der Waals surface area (Å²) in [6, 6.07) is 0. The number of methoxy groups -OCH3 is 1. The molecule has 14 heavy (non-hydrogen) atoms. The summed E-state index contributed by atoms with van der Waals surface area (Å²) in [4.78, 5) is 2.30. The van der Waals surface area contributed by atoms with Gasteiger partial charge >= 0.3 is 0 Å². The van der Waals surface area contributed by atoms with E-state index >= 15 is 0 Å². The minimum atomic E-state index is 0. The van der Waals surface area contributed by atoms with E-state index in [1.807, 2.05) is 0 Å². The van der Waals surface area contributed by atoms with Crippen LogP contribution in [0.25, 0.3) is 0 Å². The third-order valence-electron chi connectivity index (χ3n) is 2.90. The number of nitrogens with zero attached hydrogens (tertiary/aromatic N) is 1. The molecule has 3 nitrogen and oxygen atoms in total. The third kappa shape index (κ3) is 3.91. The normalized spacial score (nSPS) is 19.7. The lowest BCUT2D eigenvalue weighted by Crippen LogP contribution is -2.54. The Bertz CT molecular complexity index is 133. The molecule has 1 aliphatic rings. The van der Waals surface area contributed by atoms with Crippen LogP contribution < -0.4 is 5.32 Å². The molecule has 0 atom stereocenters. The predicted molar refractivity (Wildman–Crippen MR) is 64.9 cm³/mol. The molecule has 0 aromatic heterocycles. The predicted octanol–water partition coefficient (Wildman–Crippen LogP) is 1.16. The van der Waals surface area contributed by atoms with Crippen LogP contribution in [-0.2, 0) is 4.74 Å². The van der Waals surface area contributed by atoms with Gasteiger partial charge in [-0.3, -0.25) is 0 Å². The molecule has 0 aliphatic carbocycles. The second kappa shape index (κ2) is 7.71. The van der Waals surface area contributed by atoms with E-state index in [2.05, 4.69) is 24.3 Å². The van der Waals surface area contributed by atoms with Crippen molar-refractivity contribution in [2.24, 2.45) is 0 Å². The minimum Gasteiger partial charge on any atom is -0.383 e. The standard InChI is InChI=1S/C9H20N2O.2ClH/c1-11(2)9(8-12-3)4-6-10-7-5-9;;/h10H,4-8H2,1-3H3;2*1H. The van der Waals surface area contributed by atoms with E-state index in [9.17, 15) is 0 Å². The summed E-state index contributed by atoms with van der Waals surface area (Å²) in [5.41, 5.74) is 0.278. The van der Waals surface area contributed by atoms with Crippen molar-refractivity contribution in [3.05, 3.63) is 0 Å². The van der Waals surface area contributed by atoms with Crippen molar-refractivity contribution in [1.29, 1.82) is 0 Å². The lowest BCUT2D eigenvalue weighted by atomic mass is 9.88. The minimum absolute atomic E-state index is 0. The molecule has 0 radical (unpaired) electrons. The lowest BCUT2D eigenvalue weighted by Gasteiger charge is -2.42. The Morgan fingerprint density at radius 3 is 2.07 bits per heavy atom. The SMILES string of the molecule is COCC1(N(C)C)CCNCC1.Cl.Cl. The Labute approximate surface area is 99.4 Å². The van der Waals surface area contributed by atoms with Crippen LogP contribution >= 0.6 is 24.8 Å². The van der Waals surface area contributed by atoms with E-state index in [1.54, 1.807) is 7.11 Å². The van der Waals surface area contributed by atoms with Gasteiger partial charge in [-0.2, -0.15) is 0 Å². The van der Waals surface area contributed by atoms with E-state index in [-0.39, 0.29) is 30.4 Å². The second-order valence-electron chi connectivity index (χ2n) is 3.80. The number of rotatable bonds is 3. The topological polar surface area (TPSA) is 24.5 Å². The Morgan fingerprint density at radius 2 is 1.71 bits per heavy atom. The van der Waals surface area contributed by atoms with Crippen LogP contribution in [0.15, 0.2) is 0 Å². The second-order valence-corrected chi connectivity index (χ2v) is 3.80. The first kappa shape index (κ1) is 16.9. The van der Waals surface area contributed by atoms with E-state index in [0.717, 1.165) is 19.7 Å². The summed E-state index contributed by atoms with van der Waals surface area (Å²) in [7, 11) is 6.07. The third-order valence-corrected chi connectivity index (χ3v) is 2.90. The first-order valence-electron chi connectivity index (χ1n) is 4.58. The average molecular weight is 245 g/mol. The largest absolute Gasteiger partial charge is 0.383 e. The number of ether oxygens (including phenoxy) is 1. The van der Waals surface area contributed by atoms with Gasteiger partial charge in [-0.1, -0.05) is 0 Å². The van der Waals surface area contributed by atoms with Crippen molar-refractivity contribution in [3.63, 3.8) is 0 Å². The number of halogens is 2. The molecule has 0 aromatic rings. The van der Waals surface area contributed by atoms with Gasteiger partial charge in [0.1, 0.15) is 0 Å². The molecule has 1 fully saturated rings. The first-order chi connectivity index (χ1) is 5.71. The fourth-order valence-corrected chi connectivity index (χ4v) is 1.88. The maximum Gasteiger partial charge on any atom is 0.0647 e. The van der Waals surface area contributed by atoms with Gasteiger partial charge in [0.25, 0.3) is 0 Å². The van der Waals surface area contributed by atoms with Crippen LogP contribution in [0, 0.1) is 0 Å². The zero-order chi connectivity index (χ0) is 9.03. The van der Waals surface area contributed by atoms with Gasteiger partial charge < -0.3 is 15.0 Å². The summed E-state index contributed by atoms with van der Waals surface area (Å²) in [6.45, 7) is 3.07. The van der Waals surface area contributed by atoms with Crippen LogP contribution in [0.2, 0.25) is 0 Å². The van der Waals surface area contributed by atoms with Crippen molar-refractivity contribution < 1.29 is 4.74 Å². The van der Waals surface area contributed by atoms with Crippen LogP contribution in [-0.4, -0.2) is 51.3 Å². The van der Waals surface area contributed by atoms with Crippen LogP contribution in [0.1, 0.15) is 12.8 Å². The molecule has 0 saturated carbocycles. The Balaban J connectivity index is 0. The molecule has 5 heteroatoms. The van der Waals surface area contributed by atoms with Crippen molar-refractivity contribution in [2.75, 3.05) is 40.9 Å². The Kier molecular flexibility index (Phi) is 9.30.